The minimum absolute atomic E-state index is 0.00496. The zero-order valence-corrected chi connectivity index (χ0v) is 19.6. The summed E-state index contributed by atoms with van der Waals surface area (Å²) in [4.78, 5) is 29.3. The van der Waals surface area contributed by atoms with E-state index in [-0.39, 0.29) is 25.2 Å². The maximum Gasteiger partial charge on any atom is 0.324 e. The average molecular weight is 472 g/mol. The largest absolute Gasteiger partial charge is 0.454 e. The molecule has 0 bridgehead atoms. The highest BCUT2D eigenvalue weighted by atomic mass is 16.7. The maximum atomic E-state index is 13.7. The van der Waals surface area contributed by atoms with Crippen LogP contribution >= 0.6 is 0 Å². The Hall–Kier alpha value is -3.84. The Balaban J connectivity index is 1.46. The first kappa shape index (κ1) is 22.9. The van der Waals surface area contributed by atoms with Crippen LogP contribution in [0, 0.1) is 0 Å². The molecule has 7 nitrogen and oxygen atoms in total. The predicted molar refractivity (Wildman–Crippen MR) is 135 cm³/mol. The van der Waals surface area contributed by atoms with Crippen LogP contribution in [0.5, 0.6) is 11.5 Å². The van der Waals surface area contributed by atoms with Gasteiger partial charge < -0.3 is 20.1 Å². The minimum atomic E-state index is -0.103. The Morgan fingerprint density at radius 3 is 2.37 bits per heavy atom. The summed E-state index contributed by atoms with van der Waals surface area (Å²) < 4.78 is 11.0. The molecule has 0 aliphatic carbocycles. The number of anilines is 1. The Bertz CT molecular complexity index is 1220. The molecule has 2 aliphatic heterocycles. The topological polar surface area (TPSA) is 85.1 Å². The van der Waals surface area contributed by atoms with E-state index >= 15 is 0 Å². The summed E-state index contributed by atoms with van der Waals surface area (Å²) in [5, 5.41) is 0. The summed E-state index contributed by atoms with van der Waals surface area (Å²) in [6, 6.07) is 21.2. The number of nitrogens with zero attached hydrogens (tertiary/aromatic N) is 2. The quantitative estimate of drug-likeness (QED) is 0.520. The zero-order valence-electron chi connectivity index (χ0n) is 19.6. The van der Waals surface area contributed by atoms with Crippen LogP contribution in [0.4, 0.5) is 10.5 Å². The Morgan fingerprint density at radius 2 is 1.60 bits per heavy atom. The van der Waals surface area contributed by atoms with Crippen molar-refractivity contribution in [3.63, 3.8) is 0 Å². The van der Waals surface area contributed by atoms with Gasteiger partial charge in [-0.15, -0.1) is 0 Å². The van der Waals surface area contributed by atoms with Gasteiger partial charge in [0.05, 0.1) is 13.1 Å². The average Bonchev–Trinajstić information content (AvgIpc) is 3.40. The van der Waals surface area contributed by atoms with Gasteiger partial charge >= 0.3 is 6.03 Å². The predicted octanol–water partition coefficient (Wildman–Crippen LogP) is 4.84. The molecule has 35 heavy (non-hydrogen) atoms. The Kier molecular flexibility index (Phi) is 6.68. The molecule has 180 valence electrons. The van der Waals surface area contributed by atoms with Gasteiger partial charge in [0.1, 0.15) is 0 Å². The van der Waals surface area contributed by atoms with Crippen molar-refractivity contribution >= 4 is 17.5 Å². The number of ketones is 1. The first-order valence-corrected chi connectivity index (χ1v) is 12.0. The Labute approximate surface area is 205 Å². The van der Waals surface area contributed by atoms with Crippen molar-refractivity contribution in [1.82, 2.24) is 4.90 Å². The molecule has 1 saturated heterocycles. The number of amides is 2. The first-order valence-electron chi connectivity index (χ1n) is 12.0. The number of carbonyl (C=O) groups is 2. The van der Waals surface area contributed by atoms with E-state index in [1.54, 1.807) is 12.1 Å². The van der Waals surface area contributed by atoms with Gasteiger partial charge in [-0.05, 0) is 60.2 Å². The number of likely N-dealkylation sites (tertiary alicyclic amines) is 1. The molecule has 2 aliphatic rings. The number of hydrogen-bond donors (Lipinski definition) is 1. The molecular formula is C28H29N3O4. The zero-order chi connectivity index (χ0) is 24.2. The second-order valence-electron chi connectivity index (χ2n) is 8.86. The van der Waals surface area contributed by atoms with Crippen LogP contribution in [0.1, 0.15) is 35.2 Å². The SMILES string of the molecule is NCC(=O)c1ccc(CN(C(=O)N2CCCCC2)c2cccc(-c3ccc4c(c3)OCO4)c2)cc1. The lowest BCUT2D eigenvalue weighted by Crippen LogP contribution is -2.45. The summed E-state index contributed by atoms with van der Waals surface area (Å²) in [6.07, 6.45) is 3.19. The third-order valence-electron chi connectivity index (χ3n) is 6.52. The lowest BCUT2D eigenvalue weighted by Gasteiger charge is -2.33. The number of hydrogen-bond acceptors (Lipinski definition) is 5. The van der Waals surface area contributed by atoms with Crippen LogP contribution in [0.3, 0.4) is 0 Å². The number of piperidine rings is 1. The van der Waals surface area contributed by atoms with E-state index in [0.29, 0.717) is 12.1 Å². The molecule has 2 N–H and O–H groups in total. The van der Waals surface area contributed by atoms with Crippen LogP contribution in [-0.4, -0.2) is 43.1 Å². The monoisotopic (exact) mass is 471 g/mol. The number of fused-ring (bicyclic) bond motifs is 1. The molecule has 0 unspecified atom stereocenters. The van der Waals surface area contributed by atoms with Crippen molar-refractivity contribution in [2.24, 2.45) is 5.73 Å². The number of Topliss-reactive ketones (excluding diaryl/α,β-unsaturated/α-hetero) is 1. The molecule has 7 heteroatoms. The highest BCUT2D eigenvalue weighted by Crippen LogP contribution is 2.37. The number of urea groups is 1. The van der Waals surface area contributed by atoms with Crippen molar-refractivity contribution < 1.29 is 19.1 Å². The molecule has 3 aromatic carbocycles. The second kappa shape index (κ2) is 10.2. The van der Waals surface area contributed by atoms with Crippen molar-refractivity contribution in [2.75, 3.05) is 31.3 Å². The summed E-state index contributed by atoms with van der Waals surface area (Å²) in [5.41, 5.74) is 9.81. The molecule has 3 aromatic rings. The fourth-order valence-electron chi connectivity index (χ4n) is 4.55. The smallest absolute Gasteiger partial charge is 0.324 e. The summed E-state index contributed by atoms with van der Waals surface area (Å²) >= 11 is 0. The summed E-state index contributed by atoms with van der Waals surface area (Å²) in [6.45, 7) is 2.14. The van der Waals surface area contributed by atoms with Gasteiger partial charge in [0.2, 0.25) is 6.79 Å². The first-order chi connectivity index (χ1) is 17.1. The molecule has 1 fully saturated rings. The van der Waals surface area contributed by atoms with Gasteiger partial charge in [-0.1, -0.05) is 42.5 Å². The van der Waals surface area contributed by atoms with E-state index in [1.165, 1.54) is 0 Å². The second-order valence-corrected chi connectivity index (χ2v) is 8.86. The lowest BCUT2D eigenvalue weighted by atomic mass is 10.0. The molecule has 0 spiro atoms. The number of carbonyl (C=O) groups excluding carboxylic acids is 2. The summed E-state index contributed by atoms with van der Waals surface area (Å²) in [5.74, 6) is 1.36. The minimum Gasteiger partial charge on any atom is -0.454 e. The van der Waals surface area contributed by atoms with Crippen LogP contribution < -0.4 is 20.1 Å². The third kappa shape index (κ3) is 5.00. The maximum absolute atomic E-state index is 13.7. The molecule has 0 atom stereocenters. The fraction of sp³-hybridized carbons (Fsp3) is 0.286. The van der Waals surface area contributed by atoms with Crippen LogP contribution in [0.15, 0.2) is 66.7 Å². The third-order valence-corrected chi connectivity index (χ3v) is 6.52. The normalized spacial score (nSPS) is 14.6. The van der Waals surface area contributed by atoms with Gasteiger partial charge in [0, 0.05) is 24.3 Å². The molecule has 0 saturated carbocycles. The number of benzene rings is 3. The van der Waals surface area contributed by atoms with E-state index in [1.807, 2.05) is 64.4 Å². The molecule has 5 rings (SSSR count). The molecular weight excluding hydrogens is 442 g/mol. The molecule has 2 amide bonds. The van der Waals surface area contributed by atoms with E-state index < -0.39 is 0 Å². The number of nitrogens with two attached hydrogens (primary N) is 1. The number of rotatable bonds is 6. The molecule has 2 heterocycles. The van der Waals surface area contributed by atoms with Crippen LogP contribution in [0.25, 0.3) is 11.1 Å². The van der Waals surface area contributed by atoms with Gasteiger partial charge in [-0.2, -0.15) is 0 Å². The lowest BCUT2D eigenvalue weighted by molar-refractivity contribution is 0.100. The van der Waals surface area contributed by atoms with Crippen molar-refractivity contribution in [3.05, 3.63) is 77.9 Å². The van der Waals surface area contributed by atoms with Gasteiger partial charge in [-0.3, -0.25) is 9.69 Å². The van der Waals surface area contributed by atoms with Crippen molar-refractivity contribution in [1.29, 1.82) is 0 Å². The highest BCUT2D eigenvalue weighted by molar-refractivity contribution is 5.97. The Morgan fingerprint density at radius 1 is 0.857 bits per heavy atom. The standard InChI is InChI=1S/C28H29N3O4/c29-17-25(32)21-9-7-20(8-10-21)18-31(28(33)30-13-2-1-3-14-30)24-6-4-5-22(15-24)23-11-12-26-27(16-23)35-19-34-26/h4-12,15-16H,1-3,13-14,17-19,29H2. The van der Waals surface area contributed by atoms with E-state index in [0.717, 1.165) is 66.2 Å². The van der Waals surface area contributed by atoms with E-state index in [4.69, 9.17) is 15.2 Å². The van der Waals surface area contributed by atoms with E-state index in [9.17, 15) is 9.59 Å². The van der Waals surface area contributed by atoms with Crippen molar-refractivity contribution in [3.8, 4) is 22.6 Å². The van der Waals surface area contributed by atoms with Gasteiger partial charge in [-0.25, -0.2) is 4.79 Å². The molecule has 0 radical (unpaired) electrons. The van der Waals surface area contributed by atoms with Crippen LogP contribution in [-0.2, 0) is 6.54 Å². The summed E-state index contributed by atoms with van der Waals surface area (Å²) in [7, 11) is 0. The molecule has 0 aromatic heterocycles. The van der Waals surface area contributed by atoms with Crippen LogP contribution in [0.2, 0.25) is 0 Å². The fourth-order valence-corrected chi connectivity index (χ4v) is 4.55. The van der Waals surface area contributed by atoms with Crippen molar-refractivity contribution in [2.45, 2.75) is 25.8 Å². The van der Waals surface area contributed by atoms with Gasteiger partial charge in [0.15, 0.2) is 17.3 Å². The highest BCUT2D eigenvalue weighted by Gasteiger charge is 2.25. The van der Waals surface area contributed by atoms with Gasteiger partial charge in [0.25, 0.3) is 0 Å². The number of ether oxygens (including phenoxy) is 2. The van der Waals surface area contributed by atoms with E-state index in [2.05, 4.69) is 0 Å².